The molecule has 0 radical (unpaired) electrons. The summed E-state index contributed by atoms with van der Waals surface area (Å²) in [6, 6.07) is 7.73. The summed E-state index contributed by atoms with van der Waals surface area (Å²) in [6.07, 6.45) is 1.89. The summed E-state index contributed by atoms with van der Waals surface area (Å²) in [5, 5.41) is 0.564. The normalized spacial score (nSPS) is 11.7. The SMILES string of the molecule is CSC(N)=Nc1cccc(CN)c1. The molecule has 1 rings (SSSR count). The van der Waals surface area contributed by atoms with Crippen molar-refractivity contribution >= 4 is 22.6 Å². The standard InChI is InChI=1S/C9H13N3S/c1-13-9(11)12-8-4-2-3-7(5-8)6-10/h2-5H,6,10H2,1H3,(H2,11,12). The molecule has 3 nitrogen and oxygen atoms in total. The second-order valence-corrected chi connectivity index (χ2v) is 3.35. The molecule has 0 atom stereocenters. The molecule has 0 heterocycles. The summed E-state index contributed by atoms with van der Waals surface area (Å²) in [5.41, 5.74) is 13.0. The third-order valence-electron chi connectivity index (χ3n) is 1.59. The van der Waals surface area contributed by atoms with Crippen LogP contribution in [0.2, 0.25) is 0 Å². The van der Waals surface area contributed by atoms with Crippen molar-refractivity contribution in [1.29, 1.82) is 0 Å². The zero-order valence-corrected chi connectivity index (χ0v) is 8.34. The second-order valence-electron chi connectivity index (χ2n) is 2.53. The topological polar surface area (TPSA) is 64.4 Å². The lowest BCUT2D eigenvalue weighted by Gasteiger charge is -1.99. The van der Waals surface area contributed by atoms with Crippen molar-refractivity contribution < 1.29 is 0 Å². The molecule has 1 aromatic carbocycles. The van der Waals surface area contributed by atoms with Gasteiger partial charge in [0, 0.05) is 6.54 Å². The predicted octanol–water partition coefficient (Wildman–Crippen LogP) is 1.45. The van der Waals surface area contributed by atoms with Gasteiger partial charge in [-0.1, -0.05) is 23.9 Å². The number of hydrogen-bond donors (Lipinski definition) is 2. The quantitative estimate of drug-likeness (QED) is 0.554. The summed E-state index contributed by atoms with van der Waals surface area (Å²) in [4.78, 5) is 4.19. The highest BCUT2D eigenvalue weighted by molar-refractivity contribution is 8.13. The third-order valence-corrected chi connectivity index (χ3v) is 2.10. The van der Waals surface area contributed by atoms with Gasteiger partial charge >= 0.3 is 0 Å². The average Bonchev–Trinajstić information content (AvgIpc) is 2.18. The molecule has 0 aliphatic heterocycles. The molecule has 0 aliphatic carbocycles. The van der Waals surface area contributed by atoms with Crippen molar-refractivity contribution in [1.82, 2.24) is 0 Å². The molecule has 0 spiro atoms. The van der Waals surface area contributed by atoms with Crippen LogP contribution in [0.4, 0.5) is 5.69 Å². The lowest BCUT2D eigenvalue weighted by molar-refractivity contribution is 1.07. The van der Waals surface area contributed by atoms with Crippen LogP contribution in [0.1, 0.15) is 5.56 Å². The first kappa shape index (κ1) is 10.1. The van der Waals surface area contributed by atoms with E-state index in [4.69, 9.17) is 11.5 Å². The fraction of sp³-hybridized carbons (Fsp3) is 0.222. The summed E-state index contributed by atoms with van der Waals surface area (Å²) in [7, 11) is 0. The van der Waals surface area contributed by atoms with E-state index in [-0.39, 0.29) is 0 Å². The van der Waals surface area contributed by atoms with E-state index < -0.39 is 0 Å². The number of benzene rings is 1. The molecular weight excluding hydrogens is 182 g/mol. The fourth-order valence-electron chi connectivity index (χ4n) is 0.926. The van der Waals surface area contributed by atoms with Gasteiger partial charge in [0.05, 0.1) is 5.69 Å². The highest BCUT2D eigenvalue weighted by atomic mass is 32.2. The number of nitrogens with zero attached hydrogens (tertiary/aromatic N) is 1. The Morgan fingerprint density at radius 3 is 2.92 bits per heavy atom. The van der Waals surface area contributed by atoms with Crippen LogP contribution in [0, 0.1) is 0 Å². The van der Waals surface area contributed by atoms with E-state index in [1.165, 1.54) is 11.8 Å². The lowest BCUT2D eigenvalue weighted by atomic mass is 10.2. The van der Waals surface area contributed by atoms with Crippen LogP contribution >= 0.6 is 11.8 Å². The Labute approximate surface area is 82.2 Å². The molecule has 0 saturated heterocycles. The van der Waals surface area contributed by atoms with Gasteiger partial charge in [-0.05, 0) is 24.0 Å². The number of aliphatic imine (C=N–C) groups is 1. The van der Waals surface area contributed by atoms with E-state index in [0.29, 0.717) is 11.7 Å². The van der Waals surface area contributed by atoms with Crippen LogP contribution in [0.25, 0.3) is 0 Å². The van der Waals surface area contributed by atoms with Crippen LogP contribution in [0.15, 0.2) is 29.3 Å². The van der Waals surface area contributed by atoms with Crippen LogP contribution in [0.3, 0.4) is 0 Å². The molecule has 4 N–H and O–H groups in total. The van der Waals surface area contributed by atoms with Gasteiger partial charge in [-0.3, -0.25) is 0 Å². The Morgan fingerprint density at radius 1 is 1.54 bits per heavy atom. The smallest absolute Gasteiger partial charge is 0.158 e. The van der Waals surface area contributed by atoms with Crippen molar-refractivity contribution in [2.24, 2.45) is 16.5 Å². The molecule has 4 heteroatoms. The minimum Gasteiger partial charge on any atom is -0.378 e. The van der Waals surface area contributed by atoms with Crippen LogP contribution < -0.4 is 11.5 Å². The third kappa shape index (κ3) is 3.08. The van der Waals surface area contributed by atoms with Gasteiger partial charge in [0.25, 0.3) is 0 Å². The molecule has 0 aliphatic rings. The predicted molar refractivity (Wildman–Crippen MR) is 59.1 cm³/mol. The molecule has 13 heavy (non-hydrogen) atoms. The Bertz CT molecular complexity index is 309. The largest absolute Gasteiger partial charge is 0.378 e. The van der Waals surface area contributed by atoms with Gasteiger partial charge in [0.15, 0.2) is 5.17 Å². The van der Waals surface area contributed by atoms with E-state index >= 15 is 0 Å². The molecule has 70 valence electrons. The number of thioether (sulfide) groups is 1. The first-order valence-corrected chi connectivity index (χ1v) is 5.16. The molecule has 0 bridgehead atoms. The maximum absolute atomic E-state index is 5.58. The summed E-state index contributed by atoms with van der Waals surface area (Å²) < 4.78 is 0. The average molecular weight is 195 g/mol. The molecule has 1 aromatic rings. The Morgan fingerprint density at radius 2 is 2.31 bits per heavy atom. The molecule has 0 amide bonds. The van der Waals surface area contributed by atoms with E-state index in [1.54, 1.807) is 0 Å². The van der Waals surface area contributed by atoms with Crippen molar-refractivity contribution in [3.05, 3.63) is 29.8 Å². The molecular formula is C9H13N3S. The Hall–Kier alpha value is -1.00. The fourth-order valence-corrected chi connectivity index (χ4v) is 1.12. The summed E-state index contributed by atoms with van der Waals surface area (Å²) in [5.74, 6) is 0. The maximum Gasteiger partial charge on any atom is 0.158 e. The minimum atomic E-state index is 0.530. The highest BCUT2D eigenvalue weighted by Crippen LogP contribution is 2.14. The number of amidine groups is 1. The van der Waals surface area contributed by atoms with Gasteiger partial charge in [-0.15, -0.1) is 0 Å². The molecule has 0 aromatic heterocycles. The van der Waals surface area contributed by atoms with E-state index in [9.17, 15) is 0 Å². The van der Waals surface area contributed by atoms with Crippen LogP contribution in [-0.4, -0.2) is 11.4 Å². The van der Waals surface area contributed by atoms with Gasteiger partial charge in [-0.2, -0.15) is 0 Å². The number of nitrogens with two attached hydrogens (primary N) is 2. The number of hydrogen-bond acceptors (Lipinski definition) is 3. The van der Waals surface area contributed by atoms with Gasteiger partial charge in [-0.25, -0.2) is 4.99 Å². The van der Waals surface area contributed by atoms with Crippen molar-refractivity contribution in [2.45, 2.75) is 6.54 Å². The summed E-state index contributed by atoms with van der Waals surface area (Å²) >= 11 is 1.43. The zero-order chi connectivity index (χ0) is 9.68. The van der Waals surface area contributed by atoms with E-state index in [2.05, 4.69) is 4.99 Å². The second kappa shape index (κ2) is 4.89. The molecule has 0 fully saturated rings. The van der Waals surface area contributed by atoms with Gasteiger partial charge < -0.3 is 11.5 Å². The van der Waals surface area contributed by atoms with Crippen molar-refractivity contribution in [3.63, 3.8) is 0 Å². The summed E-state index contributed by atoms with van der Waals surface area (Å²) in [6.45, 7) is 0.530. The van der Waals surface area contributed by atoms with Gasteiger partial charge in [0.2, 0.25) is 0 Å². The van der Waals surface area contributed by atoms with Gasteiger partial charge in [0.1, 0.15) is 0 Å². The highest BCUT2D eigenvalue weighted by Gasteiger charge is 1.93. The van der Waals surface area contributed by atoms with Crippen LogP contribution in [-0.2, 0) is 6.54 Å². The van der Waals surface area contributed by atoms with E-state index in [0.717, 1.165) is 11.3 Å². The zero-order valence-electron chi connectivity index (χ0n) is 7.53. The molecule has 0 unspecified atom stereocenters. The van der Waals surface area contributed by atoms with Crippen molar-refractivity contribution in [2.75, 3.05) is 6.26 Å². The Balaban J connectivity index is 2.89. The minimum absolute atomic E-state index is 0.530. The first-order valence-electron chi connectivity index (χ1n) is 3.93. The first-order chi connectivity index (χ1) is 6.26. The van der Waals surface area contributed by atoms with E-state index in [1.807, 2.05) is 30.5 Å². The number of rotatable bonds is 2. The van der Waals surface area contributed by atoms with Crippen LogP contribution in [0.5, 0.6) is 0 Å². The maximum atomic E-state index is 5.58. The molecule has 0 saturated carbocycles. The lowest BCUT2D eigenvalue weighted by Crippen LogP contribution is -2.04. The monoisotopic (exact) mass is 195 g/mol. The Kier molecular flexibility index (Phi) is 3.79. The van der Waals surface area contributed by atoms with Crippen molar-refractivity contribution in [3.8, 4) is 0 Å².